The predicted octanol–water partition coefficient (Wildman–Crippen LogP) is 2.13. The average Bonchev–Trinajstić information content (AvgIpc) is 2.62. The van der Waals surface area contributed by atoms with E-state index in [1.807, 2.05) is 17.9 Å². The van der Waals surface area contributed by atoms with Gasteiger partial charge in [0.2, 0.25) is 0 Å². The Hall–Kier alpha value is -0.830. The van der Waals surface area contributed by atoms with Crippen LogP contribution in [0.5, 0.6) is 0 Å². The Kier molecular flexibility index (Phi) is 3.64. The van der Waals surface area contributed by atoms with Crippen molar-refractivity contribution >= 4 is 0 Å². The van der Waals surface area contributed by atoms with Crippen molar-refractivity contribution in [2.75, 3.05) is 13.1 Å². The summed E-state index contributed by atoms with van der Waals surface area (Å²) in [5, 5.41) is 7.74. The van der Waals surface area contributed by atoms with Crippen molar-refractivity contribution in [1.82, 2.24) is 15.1 Å². The van der Waals surface area contributed by atoms with E-state index in [4.69, 9.17) is 0 Å². The second kappa shape index (κ2) is 5.00. The Bertz CT molecular complexity index is 326. The number of hydrogen-bond donors (Lipinski definition) is 1. The summed E-state index contributed by atoms with van der Waals surface area (Å²) in [5.74, 6) is 0. The third-order valence-electron chi connectivity index (χ3n) is 3.87. The molecule has 1 saturated carbocycles. The van der Waals surface area contributed by atoms with Crippen LogP contribution in [0.25, 0.3) is 0 Å². The standard InChI is InChI=1S/C13H23N3/c1-3-14-11-13(6-4-7-13)8-5-12-9-15-16(2)10-12/h9-10,14H,3-8,11H2,1-2H3. The van der Waals surface area contributed by atoms with Crippen LogP contribution < -0.4 is 5.32 Å². The molecule has 0 amide bonds. The van der Waals surface area contributed by atoms with E-state index in [1.54, 1.807) is 0 Å². The quantitative estimate of drug-likeness (QED) is 0.797. The first-order valence-electron chi connectivity index (χ1n) is 6.42. The Balaban J connectivity index is 1.83. The zero-order chi connectivity index (χ0) is 11.4. The molecule has 0 saturated heterocycles. The molecule has 0 unspecified atom stereocenters. The lowest BCUT2D eigenvalue weighted by Crippen LogP contribution is -2.40. The normalized spacial score (nSPS) is 18.4. The van der Waals surface area contributed by atoms with Crippen molar-refractivity contribution in [3.8, 4) is 0 Å². The molecule has 1 N–H and O–H groups in total. The Labute approximate surface area is 98.2 Å². The van der Waals surface area contributed by atoms with E-state index < -0.39 is 0 Å². The van der Waals surface area contributed by atoms with Gasteiger partial charge < -0.3 is 5.32 Å². The Morgan fingerprint density at radius 1 is 1.50 bits per heavy atom. The van der Waals surface area contributed by atoms with Crippen LogP contribution in [0.4, 0.5) is 0 Å². The predicted molar refractivity (Wildman–Crippen MR) is 66.4 cm³/mol. The SMILES string of the molecule is CCNCC1(CCc2cnn(C)c2)CCC1. The fourth-order valence-corrected chi connectivity index (χ4v) is 2.59. The molecule has 3 heteroatoms. The molecule has 90 valence electrons. The monoisotopic (exact) mass is 221 g/mol. The zero-order valence-corrected chi connectivity index (χ0v) is 10.5. The van der Waals surface area contributed by atoms with Crippen LogP contribution in [0.1, 0.15) is 38.2 Å². The summed E-state index contributed by atoms with van der Waals surface area (Å²) in [6, 6.07) is 0. The highest BCUT2D eigenvalue weighted by molar-refractivity contribution is 5.05. The number of aromatic nitrogens is 2. The molecule has 3 nitrogen and oxygen atoms in total. The van der Waals surface area contributed by atoms with Gasteiger partial charge in [0.1, 0.15) is 0 Å². The molecule has 0 aliphatic heterocycles. The van der Waals surface area contributed by atoms with E-state index in [9.17, 15) is 0 Å². The van der Waals surface area contributed by atoms with E-state index in [0.29, 0.717) is 5.41 Å². The molecule has 2 rings (SSSR count). The van der Waals surface area contributed by atoms with Gasteiger partial charge >= 0.3 is 0 Å². The van der Waals surface area contributed by atoms with Gasteiger partial charge in [-0.05, 0) is 43.2 Å². The summed E-state index contributed by atoms with van der Waals surface area (Å²) >= 11 is 0. The summed E-state index contributed by atoms with van der Waals surface area (Å²) in [4.78, 5) is 0. The lowest BCUT2D eigenvalue weighted by Gasteiger charge is -2.42. The van der Waals surface area contributed by atoms with Crippen LogP contribution in [-0.4, -0.2) is 22.9 Å². The molecule has 1 fully saturated rings. The Morgan fingerprint density at radius 3 is 2.81 bits per heavy atom. The number of nitrogens with one attached hydrogen (secondary N) is 1. The molecule has 1 aromatic heterocycles. The topological polar surface area (TPSA) is 29.9 Å². The fourth-order valence-electron chi connectivity index (χ4n) is 2.59. The lowest BCUT2D eigenvalue weighted by molar-refractivity contribution is 0.118. The van der Waals surface area contributed by atoms with Gasteiger partial charge in [0.15, 0.2) is 0 Å². The maximum Gasteiger partial charge on any atom is 0.0521 e. The molecule has 0 bridgehead atoms. The maximum absolute atomic E-state index is 4.22. The van der Waals surface area contributed by atoms with Crippen LogP contribution in [-0.2, 0) is 13.5 Å². The summed E-state index contributed by atoms with van der Waals surface area (Å²) in [7, 11) is 1.99. The van der Waals surface area contributed by atoms with Gasteiger partial charge in [0.25, 0.3) is 0 Å². The van der Waals surface area contributed by atoms with Crippen LogP contribution in [0, 0.1) is 5.41 Å². The molecule has 0 atom stereocenters. The highest BCUT2D eigenvalue weighted by Gasteiger charge is 2.35. The number of aryl methyl sites for hydroxylation is 2. The minimum atomic E-state index is 0.589. The number of rotatable bonds is 6. The van der Waals surface area contributed by atoms with Gasteiger partial charge in [-0.2, -0.15) is 5.10 Å². The van der Waals surface area contributed by atoms with Crippen molar-refractivity contribution < 1.29 is 0 Å². The lowest BCUT2D eigenvalue weighted by atomic mass is 9.65. The molecule has 1 aliphatic carbocycles. The van der Waals surface area contributed by atoms with Crippen LogP contribution >= 0.6 is 0 Å². The minimum absolute atomic E-state index is 0.589. The highest BCUT2D eigenvalue weighted by Crippen LogP contribution is 2.44. The van der Waals surface area contributed by atoms with Gasteiger partial charge in [-0.25, -0.2) is 0 Å². The summed E-state index contributed by atoms with van der Waals surface area (Å²) in [6.07, 6.45) is 10.9. The third-order valence-corrected chi connectivity index (χ3v) is 3.87. The van der Waals surface area contributed by atoms with Crippen molar-refractivity contribution in [2.24, 2.45) is 12.5 Å². The minimum Gasteiger partial charge on any atom is -0.316 e. The fraction of sp³-hybridized carbons (Fsp3) is 0.769. The molecular formula is C13H23N3. The number of hydrogen-bond acceptors (Lipinski definition) is 2. The van der Waals surface area contributed by atoms with Gasteiger partial charge in [0.05, 0.1) is 6.20 Å². The van der Waals surface area contributed by atoms with E-state index in [0.717, 1.165) is 6.54 Å². The van der Waals surface area contributed by atoms with Crippen molar-refractivity contribution in [3.05, 3.63) is 18.0 Å². The van der Waals surface area contributed by atoms with Crippen LogP contribution in [0.2, 0.25) is 0 Å². The average molecular weight is 221 g/mol. The third kappa shape index (κ3) is 2.64. The highest BCUT2D eigenvalue weighted by atomic mass is 15.2. The van der Waals surface area contributed by atoms with Gasteiger partial charge in [-0.3, -0.25) is 4.68 Å². The number of nitrogens with zero attached hydrogens (tertiary/aromatic N) is 2. The largest absolute Gasteiger partial charge is 0.316 e. The van der Waals surface area contributed by atoms with Crippen LogP contribution in [0.3, 0.4) is 0 Å². The van der Waals surface area contributed by atoms with Crippen molar-refractivity contribution in [2.45, 2.75) is 39.0 Å². The van der Waals surface area contributed by atoms with Gasteiger partial charge in [-0.15, -0.1) is 0 Å². The molecule has 1 heterocycles. The Morgan fingerprint density at radius 2 is 2.31 bits per heavy atom. The molecule has 1 aromatic rings. The van der Waals surface area contributed by atoms with Gasteiger partial charge in [0, 0.05) is 19.8 Å². The summed E-state index contributed by atoms with van der Waals surface area (Å²) in [6.45, 7) is 4.48. The first kappa shape index (κ1) is 11.6. The first-order valence-corrected chi connectivity index (χ1v) is 6.42. The summed E-state index contributed by atoms with van der Waals surface area (Å²) in [5.41, 5.74) is 1.97. The van der Waals surface area contributed by atoms with Crippen molar-refractivity contribution in [3.63, 3.8) is 0 Å². The van der Waals surface area contributed by atoms with E-state index in [-0.39, 0.29) is 0 Å². The molecule has 16 heavy (non-hydrogen) atoms. The second-order valence-electron chi connectivity index (χ2n) is 5.16. The molecule has 0 radical (unpaired) electrons. The second-order valence-corrected chi connectivity index (χ2v) is 5.16. The van der Waals surface area contributed by atoms with E-state index >= 15 is 0 Å². The van der Waals surface area contributed by atoms with E-state index in [1.165, 1.54) is 44.2 Å². The molecule has 1 aliphatic rings. The van der Waals surface area contributed by atoms with E-state index in [2.05, 4.69) is 23.5 Å². The van der Waals surface area contributed by atoms with Crippen LogP contribution in [0.15, 0.2) is 12.4 Å². The zero-order valence-electron chi connectivity index (χ0n) is 10.5. The summed E-state index contributed by atoms with van der Waals surface area (Å²) < 4.78 is 1.90. The molecule has 0 spiro atoms. The maximum atomic E-state index is 4.22. The van der Waals surface area contributed by atoms with Crippen molar-refractivity contribution in [1.29, 1.82) is 0 Å². The van der Waals surface area contributed by atoms with Gasteiger partial charge in [-0.1, -0.05) is 13.3 Å². The first-order chi connectivity index (χ1) is 7.74. The molecule has 0 aromatic carbocycles. The molecular weight excluding hydrogens is 198 g/mol. The smallest absolute Gasteiger partial charge is 0.0521 e.